The average Bonchev–Trinajstić information content (AvgIpc) is 3.18. The quantitative estimate of drug-likeness (QED) is 0.469. The van der Waals surface area contributed by atoms with Crippen molar-refractivity contribution in [3.63, 3.8) is 0 Å². The molecule has 158 valence electrons. The van der Waals surface area contributed by atoms with E-state index in [0.29, 0.717) is 18.1 Å². The van der Waals surface area contributed by atoms with Gasteiger partial charge in [-0.15, -0.1) is 0 Å². The van der Waals surface area contributed by atoms with Crippen molar-refractivity contribution in [1.82, 2.24) is 14.8 Å². The Morgan fingerprint density at radius 3 is 2.58 bits per heavy atom. The molecule has 1 aliphatic rings. The summed E-state index contributed by atoms with van der Waals surface area (Å²) in [6, 6.07) is 19.7. The van der Waals surface area contributed by atoms with E-state index in [9.17, 15) is 9.90 Å². The van der Waals surface area contributed by atoms with E-state index in [0.717, 1.165) is 36.1 Å². The maximum atomic E-state index is 12.2. The lowest BCUT2D eigenvalue weighted by Gasteiger charge is -2.37. The molecule has 1 fully saturated rings. The zero-order valence-electron chi connectivity index (χ0n) is 17.1. The normalized spacial score (nSPS) is 16.7. The highest BCUT2D eigenvalue weighted by Gasteiger charge is 2.32. The van der Waals surface area contributed by atoms with Gasteiger partial charge in [0.25, 0.3) is 0 Å². The van der Waals surface area contributed by atoms with Gasteiger partial charge in [-0.05, 0) is 34.5 Å². The number of carboxylic acids is 1. The zero-order valence-corrected chi connectivity index (χ0v) is 17.8. The van der Waals surface area contributed by atoms with Gasteiger partial charge >= 0.3 is 5.97 Å². The zero-order chi connectivity index (χ0) is 21.4. The molecule has 0 aliphatic carbocycles. The topological polar surface area (TPSA) is 59.6 Å². The lowest BCUT2D eigenvalue weighted by molar-refractivity contribution is -0.144. The summed E-state index contributed by atoms with van der Waals surface area (Å²) in [6.45, 7) is 3.94. The number of hydrogen-bond acceptors (Lipinski definition) is 3. The Morgan fingerprint density at radius 1 is 1.00 bits per heavy atom. The van der Waals surface area contributed by atoms with Crippen molar-refractivity contribution in [2.24, 2.45) is 0 Å². The van der Waals surface area contributed by atoms with Gasteiger partial charge in [0.05, 0.1) is 0 Å². The Balaban J connectivity index is 1.33. The van der Waals surface area contributed by atoms with E-state index in [1.165, 1.54) is 16.3 Å². The predicted octanol–water partition coefficient (Wildman–Crippen LogP) is 4.92. The lowest BCUT2D eigenvalue weighted by Crippen LogP contribution is -2.48. The molecular weight excluding hydrogens is 410 g/mol. The summed E-state index contributed by atoms with van der Waals surface area (Å²) in [6.07, 6.45) is 1.81. The fraction of sp³-hybridized carbons (Fsp3) is 0.240. The van der Waals surface area contributed by atoms with E-state index in [1.54, 1.807) is 0 Å². The van der Waals surface area contributed by atoms with Crippen molar-refractivity contribution >= 4 is 39.2 Å². The van der Waals surface area contributed by atoms with Crippen LogP contribution in [0.1, 0.15) is 17.2 Å². The van der Waals surface area contributed by atoms with Gasteiger partial charge in [0.15, 0.2) is 0 Å². The van der Waals surface area contributed by atoms with Gasteiger partial charge in [0, 0.05) is 60.4 Å². The van der Waals surface area contributed by atoms with Crippen LogP contribution in [0.3, 0.4) is 0 Å². The molecule has 0 amide bonds. The first-order valence-corrected chi connectivity index (χ1v) is 10.9. The second-order valence-electron chi connectivity index (χ2n) is 8.13. The highest BCUT2D eigenvalue weighted by molar-refractivity contribution is 6.31. The minimum atomic E-state index is -0.830. The van der Waals surface area contributed by atoms with E-state index >= 15 is 0 Å². The first kappa shape index (κ1) is 20.1. The van der Waals surface area contributed by atoms with Crippen molar-refractivity contribution in [2.75, 3.05) is 26.2 Å². The van der Waals surface area contributed by atoms with Crippen LogP contribution in [0.5, 0.6) is 0 Å². The van der Waals surface area contributed by atoms with Crippen LogP contribution >= 0.6 is 11.6 Å². The van der Waals surface area contributed by atoms with Crippen LogP contribution < -0.4 is 0 Å². The number of nitrogens with one attached hydrogen (secondary N) is 1. The number of carboxylic acid groups (broad SMARTS) is 1. The highest BCUT2D eigenvalue weighted by Crippen LogP contribution is 2.31. The molecule has 5 rings (SSSR count). The number of halogens is 1. The van der Waals surface area contributed by atoms with Crippen molar-refractivity contribution in [1.29, 1.82) is 0 Å². The number of H-pyrrole nitrogens is 1. The van der Waals surface area contributed by atoms with Crippen LogP contribution in [-0.2, 0) is 11.3 Å². The number of aliphatic carboxylic acids is 1. The van der Waals surface area contributed by atoms with Crippen molar-refractivity contribution in [2.45, 2.75) is 12.6 Å². The third-order valence-corrected chi connectivity index (χ3v) is 6.49. The van der Waals surface area contributed by atoms with E-state index in [-0.39, 0.29) is 0 Å². The summed E-state index contributed by atoms with van der Waals surface area (Å²) in [5.41, 5.74) is 2.99. The maximum Gasteiger partial charge on any atom is 0.325 e. The molecule has 2 N–H and O–H groups in total. The van der Waals surface area contributed by atoms with E-state index in [1.807, 2.05) is 24.4 Å². The van der Waals surface area contributed by atoms with Crippen molar-refractivity contribution in [3.8, 4) is 0 Å². The molecule has 0 saturated carbocycles. The Bertz CT molecular complexity index is 1240. The average molecular weight is 434 g/mol. The summed E-state index contributed by atoms with van der Waals surface area (Å²) < 4.78 is 0. The minimum Gasteiger partial charge on any atom is -0.480 e. The minimum absolute atomic E-state index is 0.609. The molecule has 4 aromatic rings. The maximum absolute atomic E-state index is 12.2. The summed E-state index contributed by atoms with van der Waals surface area (Å²) in [7, 11) is 0. The molecule has 5 nitrogen and oxygen atoms in total. The fourth-order valence-corrected chi connectivity index (χ4v) is 4.85. The summed E-state index contributed by atoms with van der Waals surface area (Å²) in [5, 5.41) is 14.1. The van der Waals surface area contributed by atoms with Crippen LogP contribution in [0, 0.1) is 0 Å². The van der Waals surface area contributed by atoms with Gasteiger partial charge in [0.2, 0.25) is 0 Å². The van der Waals surface area contributed by atoms with Gasteiger partial charge in [-0.3, -0.25) is 14.6 Å². The number of benzene rings is 3. The first-order valence-electron chi connectivity index (χ1n) is 10.5. The molecule has 0 bridgehead atoms. The highest BCUT2D eigenvalue weighted by atomic mass is 35.5. The van der Waals surface area contributed by atoms with E-state index < -0.39 is 12.0 Å². The van der Waals surface area contributed by atoms with Crippen LogP contribution in [-0.4, -0.2) is 52.0 Å². The molecule has 0 spiro atoms. The molecule has 2 heterocycles. The molecule has 1 aliphatic heterocycles. The van der Waals surface area contributed by atoms with E-state index in [2.05, 4.69) is 57.2 Å². The van der Waals surface area contributed by atoms with E-state index in [4.69, 9.17) is 11.6 Å². The third kappa shape index (κ3) is 3.92. The van der Waals surface area contributed by atoms with Gasteiger partial charge in [-0.25, -0.2) is 0 Å². The number of aromatic amines is 1. The van der Waals surface area contributed by atoms with Crippen LogP contribution in [0.25, 0.3) is 21.7 Å². The van der Waals surface area contributed by atoms with Gasteiger partial charge in [-0.2, -0.15) is 0 Å². The van der Waals surface area contributed by atoms with Gasteiger partial charge in [-0.1, -0.05) is 54.1 Å². The number of rotatable bonds is 5. The Kier molecular flexibility index (Phi) is 5.40. The molecule has 3 aromatic carbocycles. The summed E-state index contributed by atoms with van der Waals surface area (Å²) >= 11 is 6.17. The molecule has 0 radical (unpaired) electrons. The molecule has 1 saturated heterocycles. The smallest absolute Gasteiger partial charge is 0.325 e. The lowest BCUT2D eigenvalue weighted by atomic mass is 10.0. The largest absolute Gasteiger partial charge is 0.480 e. The van der Waals surface area contributed by atoms with Gasteiger partial charge in [0.1, 0.15) is 6.04 Å². The number of aromatic nitrogens is 1. The second-order valence-corrected chi connectivity index (χ2v) is 8.56. The van der Waals surface area contributed by atoms with Gasteiger partial charge < -0.3 is 10.1 Å². The second kappa shape index (κ2) is 8.35. The van der Waals surface area contributed by atoms with Crippen molar-refractivity contribution in [3.05, 3.63) is 83.0 Å². The van der Waals surface area contributed by atoms with Crippen molar-refractivity contribution < 1.29 is 9.90 Å². The number of carbonyl (C=O) groups is 1. The number of fused-ring (bicyclic) bond motifs is 2. The summed E-state index contributed by atoms with van der Waals surface area (Å²) in [4.78, 5) is 19.9. The molecular formula is C25H24ClN3O2. The van der Waals surface area contributed by atoms with Crippen LogP contribution in [0.4, 0.5) is 0 Å². The van der Waals surface area contributed by atoms with Crippen LogP contribution in [0.15, 0.2) is 66.9 Å². The Hall–Kier alpha value is -2.86. The standard InChI is InChI=1S/C25H24ClN3O2/c26-19-8-9-23-21(14-19)22(15-27-23)24(25(30)31)29-12-10-28(11-13-29)16-18-6-3-5-17-4-1-2-7-20(17)18/h1-9,14-15,24,27H,10-13,16H2,(H,30,31)/t24-/m1/s1. The molecule has 31 heavy (non-hydrogen) atoms. The monoisotopic (exact) mass is 433 g/mol. The number of hydrogen-bond donors (Lipinski definition) is 2. The summed E-state index contributed by atoms with van der Waals surface area (Å²) in [5.74, 6) is -0.830. The predicted molar refractivity (Wildman–Crippen MR) is 124 cm³/mol. The third-order valence-electron chi connectivity index (χ3n) is 6.25. The fourth-order valence-electron chi connectivity index (χ4n) is 4.68. The number of piperazine rings is 1. The Morgan fingerprint density at radius 2 is 1.77 bits per heavy atom. The molecule has 1 aromatic heterocycles. The Labute approximate surface area is 185 Å². The number of nitrogens with zero attached hydrogens (tertiary/aromatic N) is 2. The first-order chi connectivity index (χ1) is 15.1. The SMILES string of the molecule is O=C(O)[C@@H](c1c[nH]c2ccc(Cl)cc12)N1CCN(Cc2cccc3ccccc23)CC1. The molecule has 6 heteroatoms. The van der Waals surface area contributed by atoms with Crippen LogP contribution in [0.2, 0.25) is 5.02 Å². The molecule has 1 atom stereocenters. The molecule has 0 unspecified atom stereocenters.